The molecule has 4 aromatic rings. The van der Waals surface area contributed by atoms with Gasteiger partial charge < -0.3 is 10.2 Å². The molecule has 0 saturated heterocycles. The van der Waals surface area contributed by atoms with Gasteiger partial charge in [-0.15, -0.1) is 0 Å². The second-order valence-electron chi connectivity index (χ2n) is 8.84. The van der Waals surface area contributed by atoms with Gasteiger partial charge in [0.05, 0.1) is 28.6 Å². The number of rotatable bonds is 8. The highest BCUT2D eigenvalue weighted by molar-refractivity contribution is 5.72. The maximum atomic E-state index is 10.3. The molecule has 0 radical (unpaired) electrons. The number of aromatic hydroxyl groups is 2. The van der Waals surface area contributed by atoms with E-state index in [1.54, 1.807) is 9.36 Å². The molecule has 0 aliphatic carbocycles. The number of nitrogens with zero attached hydrogens (tertiary/aromatic N) is 4. The first-order valence-corrected chi connectivity index (χ1v) is 12.6. The van der Waals surface area contributed by atoms with E-state index in [2.05, 4.69) is 31.0 Å². The molecule has 0 aliphatic heterocycles. The highest BCUT2D eigenvalue weighted by Gasteiger charge is 2.19. The fourth-order valence-electron chi connectivity index (χ4n) is 4.09. The van der Waals surface area contributed by atoms with Crippen molar-refractivity contribution in [3.05, 3.63) is 72.1 Å². The van der Waals surface area contributed by atoms with Crippen molar-refractivity contribution in [3.8, 4) is 34.0 Å². The highest BCUT2D eigenvalue weighted by atomic mass is 16.3. The summed E-state index contributed by atoms with van der Waals surface area (Å²) in [4.78, 5) is 0. The molecule has 0 amide bonds. The normalized spacial score (nSPS) is 10.9. The molecule has 0 aliphatic rings. The minimum Gasteiger partial charge on any atom is -0.493 e. The van der Waals surface area contributed by atoms with E-state index in [9.17, 15) is 10.2 Å². The van der Waals surface area contributed by atoms with Gasteiger partial charge in [0, 0.05) is 6.54 Å². The van der Waals surface area contributed by atoms with E-state index < -0.39 is 0 Å². The first kappa shape index (κ1) is 26.1. The van der Waals surface area contributed by atoms with E-state index >= 15 is 0 Å². The third-order valence-electron chi connectivity index (χ3n) is 5.96. The average molecular weight is 475 g/mol. The summed E-state index contributed by atoms with van der Waals surface area (Å²) in [6, 6.07) is 20.1. The number of hydrogen-bond donors (Lipinski definition) is 2. The molecule has 0 spiro atoms. The highest BCUT2D eigenvalue weighted by Crippen LogP contribution is 2.35. The van der Waals surface area contributed by atoms with Gasteiger partial charge in [0.25, 0.3) is 0 Å². The fourth-order valence-corrected chi connectivity index (χ4v) is 4.09. The topological polar surface area (TPSA) is 76.1 Å². The fraction of sp³-hybridized carbons (Fsp3) is 0.379. The van der Waals surface area contributed by atoms with Gasteiger partial charge in [0.15, 0.2) is 0 Å². The summed E-state index contributed by atoms with van der Waals surface area (Å²) in [5.41, 5.74) is 5.72. The largest absolute Gasteiger partial charge is 0.493 e. The predicted octanol–water partition coefficient (Wildman–Crippen LogP) is 7.02. The van der Waals surface area contributed by atoms with Crippen molar-refractivity contribution < 1.29 is 10.2 Å². The maximum absolute atomic E-state index is 10.3. The lowest BCUT2D eigenvalue weighted by Crippen LogP contribution is -2.02. The molecule has 186 valence electrons. The summed E-state index contributed by atoms with van der Waals surface area (Å²) in [5, 5.41) is 29.6. The third kappa shape index (κ3) is 5.94. The number of aryl methyl sites for hydroxylation is 3. The van der Waals surface area contributed by atoms with Crippen molar-refractivity contribution in [2.24, 2.45) is 0 Å². The molecule has 2 aromatic heterocycles. The number of unbranched alkanes of at least 4 members (excludes halogenated alkanes) is 1. The Morgan fingerprint density at radius 1 is 0.714 bits per heavy atom. The van der Waals surface area contributed by atoms with Crippen LogP contribution in [-0.2, 0) is 19.4 Å². The Hall–Kier alpha value is -3.54. The van der Waals surface area contributed by atoms with Crippen molar-refractivity contribution in [2.45, 2.75) is 72.9 Å². The van der Waals surface area contributed by atoms with Gasteiger partial charge in [-0.25, -0.2) is 9.36 Å². The molecule has 35 heavy (non-hydrogen) atoms. The molecule has 4 rings (SSSR count). The van der Waals surface area contributed by atoms with Gasteiger partial charge in [-0.3, -0.25) is 0 Å². The molecule has 2 N–H and O–H groups in total. The third-order valence-corrected chi connectivity index (χ3v) is 5.96. The van der Waals surface area contributed by atoms with E-state index in [4.69, 9.17) is 0 Å². The van der Waals surface area contributed by atoms with E-state index in [0.29, 0.717) is 5.88 Å². The van der Waals surface area contributed by atoms with Crippen LogP contribution in [0.3, 0.4) is 0 Å². The Morgan fingerprint density at radius 2 is 1.20 bits per heavy atom. The molecule has 6 nitrogen and oxygen atoms in total. The summed E-state index contributed by atoms with van der Waals surface area (Å²) >= 11 is 0. The Kier molecular flexibility index (Phi) is 9.12. The van der Waals surface area contributed by atoms with Crippen LogP contribution in [0.2, 0.25) is 0 Å². The van der Waals surface area contributed by atoms with Gasteiger partial charge in [-0.2, -0.15) is 10.2 Å². The average Bonchev–Trinajstić information content (AvgIpc) is 3.40. The minimum atomic E-state index is 0.165. The summed E-state index contributed by atoms with van der Waals surface area (Å²) in [7, 11) is 0. The van der Waals surface area contributed by atoms with Crippen LogP contribution in [0.1, 0.15) is 64.9 Å². The van der Waals surface area contributed by atoms with Gasteiger partial charge in [-0.1, -0.05) is 87.9 Å². The van der Waals surface area contributed by atoms with Crippen molar-refractivity contribution in [3.63, 3.8) is 0 Å². The SMILES string of the molecule is CCCCn1nc(CC)c(-c2ccccc2)c1O.CCc1nn(C(C)C)c(O)c1-c1ccccc1. The van der Waals surface area contributed by atoms with Crippen molar-refractivity contribution in [2.75, 3.05) is 0 Å². The van der Waals surface area contributed by atoms with Crippen LogP contribution in [0.4, 0.5) is 0 Å². The molecule has 0 fully saturated rings. The zero-order chi connectivity index (χ0) is 25.4. The number of benzene rings is 2. The van der Waals surface area contributed by atoms with E-state index in [0.717, 1.165) is 65.9 Å². The molecule has 0 atom stereocenters. The van der Waals surface area contributed by atoms with Crippen LogP contribution in [0, 0.1) is 0 Å². The molecular formula is C29H38N4O2. The van der Waals surface area contributed by atoms with Gasteiger partial charge in [0.1, 0.15) is 0 Å². The van der Waals surface area contributed by atoms with Crippen molar-refractivity contribution in [1.29, 1.82) is 0 Å². The summed E-state index contributed by atoms with van der Waals surface area (Å²) in [6.07, 6.45) is 3.78. The Balaban J connectivity index is 0.000000196. The Morgan fingerprint density at radius 3 is 1.66 bits per heavy atom. The second-order valence-corrected chi connectivity index (χ2v) is 8.84. The first-order chi connectivity index (χ1) is 16.9. The number of aromatic nitrogens is 4. The molecule has 2 aromatic carbocycles. The van der Waals surface area contributed by atoms with Crippen molar-refractivity contribution in [1.82, 2.24) is 19.6 Å². The zero-order valence-corrected chi connectivity index (χ0v) is 21.6. The first-order valence-electron chi connectivity index (χ1n) is 12.6. The summed E-state index contributed by atoms with van der Waals surface area (Å²) < 4.78 is 3.41. The molecule has 2 heterocycles. The maximum Gasteiger partial charge on any atom is 0.217 e. The van der Waals surface area contributed by atoms with Crippen LogP contribution in [0.25, 0.3) is 22.3 Å². The molecule has 6 heteroatoms. The lowest BCUT2D eigenvalue weighted by Gasteiger charge is -2.06. The monoisotopic (exact) mass is 474 g/mol. The molecular weight excluding hydrogens is 436 g/mol. The lowest BCUT2D eigenvalue weighted by atomic mass is 10.0. The van der Waals surface area contributed by atoms with E-state index in [-0.39, 0.29) is 11.9 Å². The minimum absolute atomic E-state index is 0.165. The van der Waals surface area contributed by atoms with Gasteiger partial charge >= 0.3 is 0 Å². The zero-order valence-electron chi connectivity index (χ0n) is 21.6. The Labute approximate surface area is 208 Å². The summed E-state index contributed by atoms with van der Waals surface area (Å²) in [5.74, 6) is 0.564. The molecule has 0 saturated carbocycles. The van der Waals surface area contributed by atoms with Crippen LogP contribution in [-0.4, -0.2) is 29.8 Å². The smallest absolute Gasteiger partial charge is 0.217 e. The quantitative estimate of drug-likeness (QED) is 0.288. The van der Waals surface area contributed by atoms with E-state index in [1.165, 1.54) is 0 Å². The summed E-state index contributed by atoms with van der Waals surface area (Å²) in [6.45, 7) is 11.1. The van der Waals surface area contributed by atoms with Gasteiger partial charge in [-0.05, 0) is 44.2 Å². The lowest BCUT2D eigenvalue weighted by molar-refractivity contribution is 0.378. The number of hydrogen-bond acceptors (Lipinski definition) is 4. The van der Waals surface area contributed by atoms with Crippen LogP contribution < -0.4 is 0 Å². The second kappa shape index (κ2) is 12.2. The van der Waals surface area contributed by atoms with Crippen molar-refractivity contribution >= 4 is 0 Å². The molecule has 0 unspecified atom stereocenters. The standard InChI is InChI=1S/C15H20N2O.C14H18N2O/c1-3-5-11-17-15(18)14(13(4-2)16-17)12-9-7-6-8-10-12;1-4-12-13(11-8-6-5-7-9-11)14(17)16(15-12)10(2)3/h6-10,18H,3-5,11H2,1-2H3;5-10,17H,4H2,1-3H3. The van der Waals surface area contributed by atoms with Crippen LogP contribution in [0.15, 0.2) is 60.7 Å². The predicted molar refractivity (Wildman–Crippen MR) is 143 cm³/mol. The van der Waals surface area contributed by atoms with Gasteiger partial charge in [0.2, 0.25) is 11.8 Å². The molecule has 0 bridgehead atoms. The van der Waals surface area contributed by atoms with E-state index in [1.807, 2.05) is 74.5 Å². The Bertz CT molecular complexity index is 1190. The van der Waals surface area contributed by atoms with Crippen LogP contribution in [0.5, 0.6) is 11.8 Å². The van der Waals surface area contributed by atoms with Crippen LogP contribution >= 0.6 is 0 Å².